The zero-order chi connectivity index (χ0) is 105. The van der Waals surface area contributed by atoms with E-state index in [1.54, 1.807) is 12.1 Å². The lowest BCUT2D eigenvalue weighted by atomic mass is 10.1. The number of unbranched alkanes of at least 4 members (excludes halogenated alkanes) is 5. The van der Waals surface area contributed by atoms with Gasteiger partial charge in [0.1, 0.15) is 80.3 Å². The molecule has 0 radical (unpaired) electrons. The average Bonchev–Trinajstić information content (AvgIpc) is 0.889. The number of amides is 6. The molecule has 70 heteroatoms. The monoisotopic (exact) mass is 1990 g/mol. The highest BCUT2D eigenvalue weighted by Gasteiger charge is 2.30. The standard InChI is InChI=1S/C14H16N2O9.C13H14N2O9.C11H17N3O12.C11H18N2O8.C9H14N2O10.C9H14N2O9/c17-12(18)8-11(13(19)20)15-14(21)25-10-5-3-9(4-6-10)2-1-7-24-16(22)23;16-11(17)7-10(12(18)19)14-13(20)24-9-3-1-8(2-4-9)5-6-23-15(21)22;15-9(16)5-8(10(17)18)12-11(19)24-4-2-1-3-7(26-14(22)23)6-25-13(20)21;14-9(12-8(11(17)18)7-10(15)16)5-3-1-2-4-6-21-13(19)20;12-7(13)5-6(8(14)15)10-9(16)20-3-1-19-2-4-21-11(17)18;12-7(13)5-6(8(14)15)10-9(16)19-3-1-2-4-20-11(17)18/h3-6,11H,1-2,7-8H2,(H,15,21)(H,17,18)(H,19,20);1-4,10H,5-7H2,(H,14,20)(H,16,17)(H,18,19);7-8H,1-6H2,(H,12,19)(H,15,16)(H,17,18);8H,1-7H2,(H,12,14)(H,15,16)(H,17,18);6H,1-5H2,(H,10,16)(H,12,13)(H,14,15);6H,1-5H2,(H,10,16)(H,12,13)(H,14,15). The molecule has 0 fully saturated rings. The molecule has 2 aromatic rings. The molecule has 7 atom stereocenters. The van der Waals surface area contributed by atoms with Crippen molar-refractivity contribution in [2.45, 2.75) is 164 Å². The Hall–Kier alpha value is -17.7. The number of aliphatic carboxylic acids is 12. The fourth-order valence-electron chi connectivity index (χ4n) is 8.65. The quantitative estimate of drug-likeness (QED) is 0.0173. The summed E-state index contributed by atoms with van der Waals surface area (Å²) in [7, 11) is 0. The summed E-state index contributed by atoms with van der Waals surface area (Å²) < 4.78 is 28.3. The van der Waals surface area contributed by atoms with E-state index in [-0.39, 0.29) is 123 Å². The summed E-state index contributed by atoms with van der Waals surface area (Å²) in [5.74, 6) is -17.5. The minimum absolute atomic E-state index is 0.00109. The molecule has 0 aliphatic heterocycles. The van der Waals surface area contributed by atoms with Gasteiger partial charge in [-0.3, -0.25) is 33.6 Å². The highest BCUT2D eigenvalue weighted by molar-refractivity contribution is 5.89. The van der Waals surface area contributed by atoms with Gasteiger partial charge in [-0.05, 0) is 99.6 Å². The molecule has 0 heterocycles. The van der Waals surface area contributed by atoms with Crippen LogP contribution in [0.1, 0.15) is 120 Å². The molecular formula is C67H93N13O57. The third-order valence-corrected chi connectivity index (χ3v) is 14.6. The van der Waals surface area contributed by atoms with E-state index >= 15 is 0 Å². The number of benzene rings is 2. The fraction of sp³-hybridized carbons (Fsp3) is 0.552. The van der Waals surface area contributed by atoms with Crippen LogP contribution in [0.4, 0.5) is 24.0 Å². The Morgan fingerprint density at radius 2 is 0.555 bits per heavy atom. The first-order valence-corrected chi connectivity index (χ1v) is 38.1. The number of rotatable bonds is 66. The molecule has 137 heavy (non-hydrogen) atoms. The molecule has 0 bridgehead atoms. The van der Waals surface area contributed by atoms with Crippen molar-refractivity contribution in [3.05, 3.63) is 130 Å². The zero-order valence-electron chi connectivity index (χ0n) is 70.7. The van der Waals surface area contributed by atoms with Gasteiger partial charge in [-0.1, -0.05) is 37.1 Å². The van der Waals surface area contributed by atoms with E-state index in [0.29, 0.717) is 44.1 Å². The van der Waals surface area contributed by atoms with Crippen LogP contribution in [-0.2, 0) is 128 Å². The molecule has 6 amide bonds. The van der Waals surface area contributed by atoms with Crippen LogP contribution in [0.25, 0.3) is 0 Å². The Bertz CT molecular complexity index is 4180. The Morgan fingerprint density at radius 3 is 0.891 bits per heavy atom. The molecule has 0 saturated carbocycles. The van der Waals surface area contributed by atoms with Gasteiger partial charge < -0.3 is 155 Å². The second-order valence-corrected chi connectivity index (χ2v) is 25.3. The van der Waals surface area contributed by atoms with Crippen LogP contribution in [0, 0.1) is 70.8 Å². The summed E-state index contributed by atoms with van der Waals surface area (Å²) in [6.07, 6.45) is -6.95. The molecule has 2 rings (SSSR count). The van der Waals surface area contributed by atoms with E-state index in [1.165, 1.54) is 36.4 Å². The van der Waals surface area contributed by atoms with Crippen LogP contribution in [-0.4, -0.2) is 320 Å². The van der Waals surface area contributed by atoms with Crippen molar-refractivity contribution < 1.29 is 245 Å². The molecule has 18 N–H and O–H groups in total. The van der Waals surface area contributed by atoms with Crippen LogP contribution >= 0.6 is 0 Å². The van der Waals surface area contributed by atoms with E-state index in [1.807, 2.05) is 26.6 Å². The molecule has 0 aromatic heterocycles. The van der Waals surface area contributed by atoms with Gasteiger partial charge in [0, 0.05) is 6.42 Å². The lowest BCUT2D eigenvalue weighted by molar-refractivity contribution is -0.790. The summed E-state index contributed by atoms with van der Waals surface area (Å²) in [4.78, 5) is 294. The molecule has 0 aliphatic carbocycles. The average molecular weight is 1990 g/mol. The molecule has 0 spiro atoms. The predicted molar refractivity (Wildman–Crippen MR) is 423 cm³/mol. The number of carbonyl (C=O) groups is 18. The van der Waals surface area contributed by atoms with E-state index in [4.69, 9.17) is 75.5 Å². The fourth-order valence-corrected chi connectivity index (χ4v) is 8.65. The van der Waals surface area contributed by atoms with Crippen molar-refractivity contribution in [1.29, 1.82) is 0 Å². The number of ether oxygens (including phenoxy) is 6. The van der Waals surface area contributed by atoms with Crippen molar-refractivity contribution in [3.8, 4) is 11.5 Å². The van der Waals surface area contributed by atoms with Crippen molar-refractivity contribution in [2.24, 2.45) is 0 Å². The van der Waals surface area contributed by atoms with Gasteiger partial charge in [0.2, 0.25) is 5.91 Å². The summed E-state index contributed by atoms with van der Waals surface area (Å²) in [6.45, 7) is -1.97. The lowest BCUT2D eigenvalue weighted by Crippen LogP contribution is -2.43. The number of carboxylic acid groups (broad SMARTS) is 12. The molecule has 2 aromatic carbocycles. The van der Waals surface area contributed by atoms with Crippen molar-refractivity contribution in [3.63, 3.8) is 0 Å². The molecule has 7 unspecified atom stereocenters. The largest absolute Gasteiger partial charge is 0.481 e. The number of hydrogen-bond donors (Lipinski definition) is 18. The molecular weight excluding hydrogens is 1900 g/mol. The summed E-state index contributed by atoms with van der Waals surface area (Å²) in [6, 6.07) is 2.52. The van der Waals surface area contributed by atoms with Gasteiger partial charge >= 0.3 is 102 Å². The SMILES string of the molecule is O=C(O)CC(NC(=O)CCCCCCO[N+](=O)[O-])C(=O)O.O=C(O)CC(NC(=O)OCCCCC(CO[N+](=O)[O-])O[N+](=O)[O-])C(=O)O.O=C(O)CC(NC(=O)OCCCCO[N+](=O)[O-])C(=O)O.O=C(O)CC(NC(=O)OCCOCCO[N+](=O)[O-])C(=O)O.O=C(O)CC(NC(=O)Oc1ccc(CCCO[N+](=O)[O-])cc1)C(=O)O.O=C(O)CC(NC(=O)Oc1ccc(CCO[N+](=O)[O-])cc1)C(=O)O. The normalized spacial score (nSPS) is 11.4. The predicted octanol–water partition coefficient (Wildman–Crippen LogP) is -0.423. The minimum atomic E-state index is -1.66. The van der Waals surface area contributed by atoms with Crippen molar-refractivity contribution in [2.75, 3.05) is 72.7 Å². The Balaban J connectivity index is -0.000000777. The number of nitrogens with zero attached hydrogens (tertiary/aromatic N) is 7. The summed E-state index contributed by atoms with van der Waals surface area (Å²) in [5, 5.41) is 178. The van der Waals surface area contributed by atoms with E-state index < -0.39 is 231 Å². The maximum absolute atomic E-state index is 11.6. The van der Waals surface area contributed by atoms with Gasteiger partial charge in [0.15, 0.2) is 0 Å². The van der Waals surface area contributed by atoms with Crippen LogP contribution < -0.4 is 41.4 Å². The van der Waals surface area contributed by atoms with Crippen LogP contribution in [0.5, 0.6) is 11.5 Å². The van der Waals surface area contributed by atoms with E-state index in [9.17, 15) is 157 Å². The van der Waals surface area contributed by atoms with Crippen molar-refractivity contribution in [1.82, 2.24) is 31.9 Å². The van der Waals surface area contributed by atoms with Gasteiger partial charge in [0.25, 0.3) is 35.6 Å². The highest BCUT2D eigenvalue weighted by Crippen LogP contribution is 2.17. The number of aryl methyl sites for hydroxylation is 1. The van der Waals surface area contributed by atoms with Gasteiger partial charge in [0.05, 0.1) is 84.8 Å². The Kier molecular flexibility index (Phi) is 68.7. The Labute approximate surface area is 762 Å². The smallest absolute Gasteiger partial charge is 0.413 e. The summed E-state index contributed by atoms with van der Waals surface area (Å²) in [5.41, 5.74) is 1.52. The third kappa shape index (κ3) is 80.1. The first-order chi connectivity index (χ1) is 64.1. The second-order valence-electron chi connectivity index (χ2n) is 25.3. The number of carboxylic acids is 12. The van der Waals surface area contributed by atoms with Gasteiger partial charge in [-0.25, -0.2) is 52.7 Å². The maximum Gasteiger partial charge on any atom is 0.413 e. The lowest BCUT2D eigenvalue weighted by Gasteiger charge is -2.14. The van der Waals surface area contributed by atoms with Crippen LogP contribution in [0.15, 0.2) is 48.5 Å². The first kappa shape index (κ1) is 126. The molecule has 768 valence electrons. The molecule has 70 nitrogen and oxygen atoms in total. The van der Waals surface area contributed by atoms with E-state index in [2.05, 4.69) is 53.4 Å². The van der Waals surface area contributed by atoms with Crippen LogP contribution in [0.2, 0.25) is 0 Å². The van der Waals surface area contributed by atoms with Crippen molar-refractivity contribution >= 4 is 108 Å². The number of carbonyl (C=O) groups excluding carboxylic acids is 6. The van der Waals surface area contributed by atoms with E-state index in [0.717, 1.165) is 5.56 Å². The topological polar surface area (TPSA) is 1040 Å². The van der Waals surface area contributed by atoms with Gasteiger partial charge in [-0.2, -0.15) is 0 Å². The zero-order valence-corrected chi connectivity index (χ0v) is 70.7. The van der Waals surface area contributed by atoms with Gasteiger partial charge in [-0.15, -0.1) is 70.8 Å². The molecule has 0 saturated heterocycles. The second kappa shape index (κ2) is 75.0. The minimum Gasteiger partial charge on any atom is -0.481 e. The Morgan fingerprint density at radius 1 is 0.277 bits per heavy atom. The highest BCUT2D eigenvalue weighted by atomic mass is 17.0. The molecule has 0 aliphatic rings. The summed E-state index contributed by atoms with van der Waals surface area (Å²) >= 11 is 0. The number of alkyl carbamates (subject to hydrolysis) is 3. The third-order valence-electron chi connectivity index (χ3n) is 14.6. The number of nitrogens with one attached hydrogen (secondary N) is 6. The maximum atomic E-state index is 11.6. The first-order valence-electron chi connectivity index (χ1n) is 38.1. The number of hydrogen-bond acceptors (Lipinski definition) is 45. The van der Waals surface area contributed by atoms with Crippen LogP contribution in [0.3, 0.4) is 0 Å².